The molecule has 5 nitrogen and oxygen atoms in total. The van der Waals surface area contributed by atoms with E-state index in [0.717, 1.165) is 18.1 Å². The number of hydrogen-bond donors (Lipinski definition) is 3. The monoisotopic (exact) mass is 237 g/mol. The van der Waals surface area contributed by atoms with Gasteiger partial charge in [-0.05, 0) is 18.3 Å². The molecule has 0 atom stereocenters. The Morgan fingerprint density at radius 2 is 2.00 bits per heavy atom. The molecule has 0 aromatic carbocycles. The van der Waals surface area contributed by atoms with Gasteiger partial charge in [0.1, 0.15) is 5.82 Å². The lowest BCUT2D eigenvalue weighted by Crippen LogP contribution is -2.29. The Bertz CT molecular complexity index is 373. The van der Waals surface area contributed by atoms with E-state index < -0.39 is 0 Å². The molecular weight excluding hydrogens is 214 g/mol. The molecule has 0 saturated heterocycles. The molecule has 1 aromatic heterocycles. The Labute approximate surface area is 103 Å². The summed E-state index contributed by atoms with van der Waals surface area (Å²) < 4.78 is 0. The van der Waals surface area contributed by atoms with Gasteiger partial charge in [-0.15, -0.1) is 0 Å². The summed E-state index contributed by atoms with van der Waals surface area (Å²) in [5.74, 6) is 7.16. The predicted octanol–water partition coefficient (Wildman–Crippen LogP) is 2.16. The van der Waals surface area contributed by atoms with E-state index in [2.05, 4.69) is 48.4 Å². The van der Waals surface area contributed by atoms with E-state index >= 15 is 0 Å². The summed E-state index contributed by atoms with van der Waals surface area (Å²) >= 11 is 0. The fourth-order valence-corrected chi connectivity index (χ4v) is 1.25. The lowest BCUT2D eigenvalue weighted by Gasteiger charge is -2.29. The Balaban J connectivity index is 2.72. The normalized spacial score (nSPS) is 11.7. The summed E-state index contributed by atoms with van der Waals surface area (Å²) in [6.45, 7) is 11.7. The van der Waals surface area contributed by atoms with Crippen LogP contribution < -0.4 is 16.6 Å². The molecule has 5 heteroatoms. The fraction of sp³-hybridized carbons (Fsp3) is 0.667. The molecule has 0 saturated carbocycles. The predicted molar refractivity (Wildman–Crippen MR) is 71.7 cm³/mol. The van der Waals surface area contributed by atoms with E-state index in [-0.39, 0.29) is 5.41 Å². The zero-order valence-electron chi connectivity index (χ0n) is 11.3. The maximum atomic E-state index is 5.31. The molecule has 0 radical (unpaired) electrons. The van der Waals surface area contributed by atoms with Crippen LogP contribution in [0.2, 0.25) is 0 Å². The molecule has 96 valence electrons. The number of nitrogens with zero attached hydrogens (tertiary/aromatic N) is 2. The largest absolute Gasteiger partial charge is 0.369 e. The van der Waals surface area contributed by atoms with Crippen LogP contribution in [0.5, 0.6) is 0 Å². The van der Waals surface area contributed by atoms with Gasteiger partial charge in [0.2, 0.25) is 5.95 Å². The molecule has 0 unspecified atom stereocenters. The average Bonchev–Trinajstić information content (AvgIpc) is 2.25. The number of rotatable bonds is 5. The second-order valence-electron chi connectivity index (χ2n) is 5.36. The Morgan fingerprint density at radius 3 is 2.53 bits per heavy atom. The molecule has 4 N–H and O–H groups in total. The van der Waals surface area contributed by atoms with Gasteiger partial charge in [-0.1, -0.05) is 27.7 Å². The number of nitrogens with one attached hydrogen (secondary N) is 2. The van der Waals surface area contributed by atoms with E-state index in [1.807, 2.05) is 13.0 Å². The first-order chi connectivity index (χ1) is 7.85. The van der Waals surface area contributed by atoms with Crippen LogP contribution in [0.4, 0.5) is 11.8 Å². The highest BCUT2D eigenvalue weighted by Gasteiger charge is 2.22. The standard InChI is InChI=1S/C12H23N5/c1-8(2)12(4,5)7-14-10-6-9(3)15-11(16-10)17-13/h6,8H,7,13H2,1-5H3,(H2,14,15,16,17). The molecule has 0 aliphatic heterocycles. The third-order valence-corrected chi connectivity index (χ3v) is 3.27. The van der Waals surface area contributed by atoms with E-state index in [1.165, 1.54) is 0 Å². The van der Waals surface area contributed by atoms with Gasteiger partial charge in [0.15, 0.2) is 0 Å². The summed E-state index contributed by atoms with van der Waals surface area (Å²) in [5.41, 5.74) is 3.57. The zero-order chi connectivity index (χ0) is 13.1. The highest BCUT2D eigenvalue weighted by molar-refractivity contribution is 5.41. The molecule has 0 aliphatic rings. The summed E-state index contributed by atoms with van der Waals surface area (Å²) in [6, 6.07) is 1.91. The lowest BCUT2D eigenvalue weighted by atomic mass is 9.81. The van der Waals surface area contributed by atoms with Gasteiger partial charge >= 0.3 is 0 Å². The first-order valence-corrected chi connectivity index (χ1v) is 5.91. The molecule has 1 rings (SSSR count). The van der Waals surface area contributed by atoms with Gasteiger partial charge in [-0.25, -0.2) is 10.8 Å². The number of hydrogen-bond acceptors (Lipinski definition) is 5. The maximum absolute atomic E-state index is 5.31. The van der Waals surface area contributed by atoms with Gasteiger partial charge in [0.05, 0.1) is 0 Å². The van der Waals surface area contributed by atoms with Gasteiger partial charge in [-0.3, -0.25) is 5.43 Å². The minimum Gasteiger partial charge on any atom is -0.369 e. The van der Waals surface area contributed by atoms with Crippen LogP contribution in [0, 0.1) is 18.3 Å². The molecule has 1 aromatic rings. The molecule has 0 fully saturated rings. The van der Waals surface area contributed by atoms with Crippen LogP contribution in [-0.2, 0) is 0 Å². The molecular formula is C12H23N5. The van der Waals surface area contributed by atoms with Crippen LogP contribution in [0.15, 0.2) is 6.07 Å². The molecule has 17 heavy (non-hydrogen) atoms. The van der Waals surface area contributed by atoms with Gasteiger partial charge < -0.3 is 5.32 Å². The van der Waals surface area contributed by atoms with E-state index in [4.69, 9.17) is 5.84 Å². The number of aryl methyl sites for hydroxylation is 1. The third-order valence-electron chi connectivity index (χ3n) is 3.27. The number of nitrogen functional groups attached to an aromatic ring is 1. The summed E-state index contributed by atoms with van der Waals surface area (Å²) in [5, 5.41) is 3.34. The number of aromatic nitrogens is 2. The van der Waals surface area contributed by atoms with E-state index in [0.29, 0.717) is 11.9 Å². The second kappa shape index (κ2) is 5.31. The average molecular weight is 237 g/mol. The Hall–Kier alpha value is -1.36. The van der Waals surface area contributed by atoms with Gasteiger partial charge in [0.25, 0.3) is 0 Å². The second-order valence-corrected chi connectivity index (χ2v) is 5.36. The van der Waals surface area contributed by atoms with Crippen molar-refractivity contribution in [1.29, 1.82) is 0 Å². The fourth-order valence-electron chi connectivity index (χ4n) is 1.25. The molecule has 0 bridgehead atoms. The highest BCUT2D eigenvalue weighted by atomic mass is 15.3. The van der Waals surface area contributed by atoms with Crippen molar-refractivity contribution in [1.82, 2.24) is 9.97 Å². The quantitative estimate of drug-likeness (QED) is 0.540. The Kier molecular flexibility index (Phi) is 4.28. The van der Waals surface area contributed by atoms with Crippen LogP contribution in [-0.4, -0.2) is 16.5 Å². The van der Waals surface area contributed by atoms with Crippen LogP contribution in [0.3, 0.4) is 0 Å². The number of nitrogens with two attached hydrogens (primary N) is 1. The summed E-state index contributed by atoms with van der Waals surface area (Å²) in [7, 11) is 0. The van der Waals surface area contributed by atoms with E-state index in [9.17, 15) is 0 Å². The van der Waals surface area contributed by atoms with Crippen molar-refractivity contribution in [3.05, 3.63) is 11.8 Å². The van der Waals surface area contributed by atoms with E-state index in [1.54, 1.807) is 0 Å². The van der Waals surface area contributed by atoms with Crippen molar-refractivity contribution in [2.24, 2.45) is 17.2 Å². The summed E-state index contributed by atoms with van der Waals surface area (Å²) in [6.07, 6.45) is 0. The smallest absolute Gasteiger partial charge is 0.239 e. The molecule has 0 spiro atoms. The zero-order valence-corrected chi connectivity index (χ0v) is 11.3. The number of hydrazine groups is 1. The van der Waals surface area contributed by atoms with Crippen LogP contribution >= 0.6 is 0 Å². The van der Waals surface area contributed by atoms with Gasteiger partial charge in [-0.2, -0.15) is 4.98 Å². The third kappa shape index (κ3) is 3.85. The van der Waals surface area contributed by atoms with Crippen molar-refractivity contribution >= 4 is 11.8 Å². The van der Waals surface area contributed by atoms with Crippen molar-refractivity contribution < 1.29 is 0 Å². The van der Waals surface area contributed by atoms with Crippen LogP contribution in [0.1, 0.15) is 33.4 Å². The SMILES string of the molecule is Cc1cc(NCC(C)(C)C(C)C)nc(NN)n1. The minimum absolute atomic E-state index is 0.217. The summed E-state index contributed by atoms with van der Waals surface area (Å²) in [4.78, 5) is 8.40. The van der Waals surface area contributed by atoms with Crippen molar-refractivity contribution in [3.63, 3.8) is 0 Å². The van der Waals surface area contributed by atoms with Crippen molar-refractivity contribution in [2.45, 2.75) is 34.6 Å². The first kappa shape index (κ1) is 13.7. The van der Waals surface area contributed by atoms with Crippen LogP contribution in [0.25, 0.3) is 0 Å². The highest BCUT2D eigenvalue weighted by Crippen LogP contribution is 2.26. The van der Waals surface area contributed by atoms with Gasteiger partial charge in [0, 0.05) is 18.3 Å². The number of anilines is 2. The Morgan fingerprint density at radius 1 is 1.35 bits per heavy atom. The van der Waals surface area contributed by atoms with Crippen molar-refractivity contribution in [3.8, 4) is 0 Å². The lowest BCUT2D eigenvalue weighted by molar-refractivity contribution is 0.269. The minimum atomic E-state index is 0.217. The molecule has 0 amide bonds. The topological polar surface area (TPSA) is 75.9 Å². The van der Waals surface area contributed by atoms with Crippen molar-refractivity contribution in [2.75, 3.05) is 17.3 Å². The molecule has 0 aliphatic carbocycles. The maximum Gasteiger partial charge on any atom is 0.239 e. The molecule has 1 heterocycles. The first-order valence-electron chi connectivity index (χ1n) is 5.91.